The minimum atomic E-state index is -1.62. The molecule has 6 heteroatoms. The molecule has 1 rings (SSSR count). The maximum atomic E-state index is 9.10. The van der Waals surface area contributed by atoms with E-state index in [1.54, 1.807) is 13.0 Å². The molecule has 0 atom stereocenters. The minimum Gasteiger partial charge on any atom is -0.495 e. The Bertz CT molecular complexity index is 343. The summed E-state index contributed by atoms with van der Waals surface area (Å²) < 4.78 is 10.2. The van der Waals surface area contributed by atoms with Crippen molar-refractivity contribution < 1.29 is 19.5 Å². The van der Waals surface area contributed by atoms with Crippen LogP contribution in [0.15, 0.2) is 12.1 Å². The Balaban J connectivity index is 3.24. The number of ether oxygens (including phenoxy) is 2. The molecule has 0 saturated heterocycles. The molecule has 0 amide bonds. The van der Waals surface area contributed by atoms with Crippen molar-refractivity contribution in [1.29, 1.82) is 0 Å². The van der Waals surface area contributed by atoms with E-state index >= 15 is 0 Å². The second kappa shape index (κ2) is 5.25. The van der Waals surface area contributed by atoms with Gasteiger partial charge >= 0.3 is 7.12 Å². The van der Waals surface area contributed by atoms with Gasteiger partial charge in [0.05, 0.1) is 13.7 Å². The van der Waals surface area contributed by atoms with Crippen molar-refractivity contribution >= 4 is 24.2 Å². The smallest absolute Gasteiger partial charge is 0.492 e. The lowest BCUT2D eigenvalue weighted by molar-refractivity contribution is 0.336. The second-order valence-electron chi connectivity index (χ2n) is 2.81. The Hall–Kier alpha value is -0.905. The van der Waals surface area contributed by atoms with Gasteiger partial charge in [-0.3, -0.25) is 0 Å². The Morgan fingerprint density at radius 3 is 2.53 bits per heavy atom. The molecule has 0 aromatic heterocycles. The van der Waals surface area contributed by atoms with Crippen LogP contribution in [0.1, 0.15) is 6.92 Å². The highest BCUT2D eigenvalue weighted by molar-refractivity contribution is 6.60. The van der Waals surface area contributed by atoms with Crippen molar-refractivity contribution in [3.8, 4) is 11.5 Å². The topological polar surface area (TPSA) is 58.9 Å². The molecular weight excluding hydrogens is 218 g/mol. The van der Waals surface area contributed by atoms with Gasteiger partial charge < -0.3 is 19.5 Å². The van der Waals surface area contributed by atoms with E-state index in [1.807, 2.05) is 0 Å². The summed E-state index contributed by atoms with van der Waals surface area (Å²) in [5, 5.41) is 18.4. The summed E-state index contributed by atoms with van der Waals surface area (Å²) in [5.74, 6) is 0.679. The fraction of sp³-hybridized carbons (Fsp3) is 0.333. The highest BCUT2D eigenvalue weighted by Gasteiger charge is 2.21. The monoisotopic (exact) mass is 230 g/mol. The number of methoxy groups -OCH3 is 1. The van der Waals surface area contributed by atoms with Gasteiger partial charge in [-0.15, -0.1) is 0 Å². The first-order chi connectivity index (χ1) is 7.11. The van der Waals surface area contributed by atoms with E-state index in [-0.39, 0.29) is 16.2 Å². The van der Waals surface area contributed by atoms with E-state index in [0.717, 1.165) is 0 Å². The Morgan fingerprint density at radius 1 is 1.40 bits per heavy atom. The number of rotatable bonds is 4. The molecule has 1 aromatic carbocycles. The molecule has 0 aliphatic carbocycles. The molecule has 82 valence electrons. The lowest BCUT2D eigenvalue weighted by Gasteiger charge is -2.13. The predicted molar refractivity (Wildman–Crippen MR) is 59.0 cm³/mol. The van der Waals surface area contributed by atoms with Crippen LogP contribution in [0.25, 0.3) is 0 Å². The summed E-state index contributed by atoms with van der Waals surface area (Å²) in [6, 6.07) is 3.06. The Kier molecular flexibility index (Phi) is 4.26. The number of hydrogen-bond acceptors (Lipinski definition) is 4. The summed E-state index contributed by atoms with van der Waals surface area (Å²) in [6.07, 6.45) is 0. The van der Waals surface area contributed by atoms with E-state index in [1.165, 1.54) is 13.2 Å². The fourth-order valence-corrected chi connectivity index (χ4v) is 1.51. The summed E-state index contributed by atoms with van der Waals surface area (Å²) in [4.78, 5) is 0. The van der Waals surface area contributed by atoms with Gasteiger partial charge in [-0.05, 0) is 13.0 Å². The van der Waals surface area contributed by atoms with E-state index in [2.05, 4.69) is 0 Å². The van der Waals surface area contributed by atoms with Crippen molar-refractivity contribution in [2.75, 3.05) is 13.7 Å². The van der Waals surface area contributed by atoms with Gasteiger partial charge in [-0.1, -0.05) is 17.7 Å². The molecule has 15 heavy (non-hydrogen) atoms. The second-order valence-corrected chi connectivity index (χ2v) is 3.18. The lowest BCUT2D eigenvalue weighted by atomic mass is 9.79. The average molecular weight is 230 g/mol. The van der Waals surface area contributed by atoms with Gasteiger partial charge in [0.15, 0.2) is 0 Å². The van der Waals surface area contributed by atoms with Crippen molar-refractivity contribution in [1.82, 2.24) is 0 Å². The quantitative estimate of drug-likeness (QED) is 0.737. The van der Waals surface area contributed by atoms with Crippen LogP contribution in [-0.4, -0.2) is 30.9 Å². The lowest BCUT2D eigenvalue weighted by Crippen LogP contribution is -2.31. The first kappa shape index (κ1) is 12.2. The first-order valence-electron chi connectivity index (χ1n) is 4.47. The normalized spacial score (nSPS) is 9.93. The third kappa shape index (κ3) is 2.56. The van der Waals surface area contributed by atoms with E-state index < -0.39 is 7.12 Å². The minimum absolute atomic E-state index is 0.225. The maximum Gasteiger partial charge on any atom is 0.492 e. The van der Waals surface area contributed by atoms with Crippen molar-refractivity contribution in [3.63, 3.8) is 0 Å². The van der Waals surface area contributed by atoms with Gasteiger partial charge in [0, 0.05) is 5.46 Å². The summed E-state index contributed by atoms with van der Waals surface area (Å²) >= 11 is 5.96. The third-order valence-corrected chi connectivity index (χ3v) is 2.24. The van der Waals surface area contributed by atoms with E-state index in [9.17, 15) is 0 Å². The molecule has 0 aliphatic heterocycles. The molecule has 0 saturated carbocycles. The number of benzene rings is 1. The highest BCUT2D eigenvalue weighted by atomic mass is 35.5. The van der Waals surface area contributed by atoms with Crippen molar-refractivity contribution in [2.24, 2.45) is 0 Å². The van der Waals surface area contributed by atoms with Crippen LogP contribution in [-0.2, 0) is 0 Å². The molecular formula is C9H12BClO4. The molecule has 1 aromatic rings. The van der Waals surface area contributed by atoms with Crippen LogP contribution in [0.3, 0.4) is 0 Å². The van der Waals surface area contributed by atoms with Gasteiger partial charge in [0.25, 0.3) is 0 Å². The largest absolute Gasteiger partial charge is 0.495 e. The van der Waals surface area contributed by atoms with Crippen LogP contribution in [0.5, 0.6) is 11.5 Å². The number of hydrogen-bond donors (Lipinski definition) is 2. The molecule has 0 unspecified atom stereocenters. The zero-order valence-corrected chi connectivity index (χ0v) is 9.28. The predicted octanol–water partition coefficient (Wildman–Crippen LogP) is 0.427. The molecule has 0 heterocycles. The molecule has 0 spiro atoms. The van der Waals surface area contributed by atoms with Crippen LogP contribution in [0, 0.1) is 0 Å². The van der Waals surface area contributed by atoms with Gasteiger partial charge in [0.2, 0.25) is 0 Å². The molecule has 0 fully saturated rings. The van der Waals surface area contributed by atoms with Crippen LogP contribution in [0.2, 0.25) is 5.02 Å². The Morgan fingerprint density at radius 2 is 2.07 bits per heavy atom. The van der Waals surface area contributed by atoms with Crippen LogP contribution in [0.4, 0.5) is 0 Å². The van der Waals surface area contributed by atoms with Crippen LogP contribution < -0.4 is 14.9 Å². The van der Waals surface area contributed by atoms with Gasteiger partial charge in [-0.2, -0.15) is 0 Å². The molecule has 2 N–H and O–H groups in total. The number of halogens is 1. The van der Waals surface area contributed by atoms with Gasteiger partial charge in [0.1, 0.15) is 16.5 Å². The zero-order chi connectivity index (χ0) is 11.4. The maximum absolute atomic E-state index is 9.10. The van der Waals surface area contributed by atoms with Crippen molar-refractivity contribution in [3.05, 3.63) is 17.2 Å². The van der Waals surface area contributed by atoms with Crippen molar-refractivity contribution in [2.45, 2.75) is 6.92 Å². The molecule has 0 bridgehead atoms. The third-order valence-electron chi connectivity index (χ3n) is 1.88. The van der Waals surface area contributed by atoms with E-state index in [4.69, 9.17) is 31.1 Å². The summed E-state index contributed by atoms with van der Waals surface area (Å²) in [5.41, 5.74) is 0.225. The fourth-order valence-electron chi connectivity index (χ4n) is 1.20. The average Bonchev–Trinajstić information content (AvgIpc) is 2.20. The molecule has 4 nitrogen and oxygen atoms in total. The summed E-state index contributed by atoms with van der Waals surface area (Å²) in [6.45, 7) is 2.16. The van der Waals surface area contributed by atoms with Crippen LogP contribution >= 0.6 is 11.6 Å². The zero-order valence-electron chi connectivity index (χ0n) is 8.53. The first-order valence-corrected chi connectivity index (χ1v) is 4.84. The van der Waals surface area contributed by atoms with E-state index in [0.29, 0.717) is 12.4 Å². The van der Waals surface area contributed by atoms with Gasteiger partial charge in [-0.25, -0.2) is 0 Å². The molecule has 0 radical (unpaired) electrons. The summed E-state index contributed by atoms with van der Waals surface area (Å²) in [7, 11) is -0.138. The highest BCUT2D eigenvalue weighted by Crippen LogP contribution is 2.32. The standard InChI is InChI=1S/C9H12BClO4/c1-3-15-9-6(10(12)13)4-5-7(14-2)8(9)11/h4-5,12-13H,3H2,1-2H3. The Labute approximate surface area is 93.5 Å². The SMILES string of the molecule is CCOc1c(B(O)O)ccc(OC)c1Cl. The molecule has 0 aliphatic rings.